The van der Waals surface area contributed by atoms with Crippen LogP contribution >= 0.6 is 34.8 Å². The molecular weight excluding hydrogens is 399 g/mol. The van der Waals surface area contributed by atoms with Crippen LogP contribution in [0.4, 0.5) is 0 Å². The fourth-order valence-corrected chi connectivity index (χ4v) is 2.58. The lowest BCUT2D eigenvalue weighted by Gasteiger charge is -2.14. The van der Waals surface area contributed by atoms with Gasteiger partial charge in [-0.3, -0.25) is 4.79 Å². The van der Waals surface area contributed by atoms with Crippen molar-refractivity contribution in [2.24, 2.45) is 0 Å². The zero-order valence-corrected chi connectivity index (χ0v) is 16.7. The molecule has 0 aliphatic heterocycles. The van der Waals surface area contributed by atoms with Crippen molar-refractivity contribution in [1.82, 2.24) is 10.2 Å². The van der Waals surface area contributed by atoms with Crippen LogP contribution in [0.15, 0.2) is 36.4 Å². The highest BCUT2D eigenvalue weighted by molar-refractivity contribution is 6.35. The summed E-state index contributed by atoms with van der Waals surface area (Å²) in [5.74, 6) is 0.909. The van der Waals surface area contributed by atoms with E-state index in [1.807, 2.05) is 19.0 Å². The van der Waals surface area contributed by atoms with E-state index in [2.05, 4.69) is 5.32 Å². The van der Waals surface area contributed by atoms with Crippen LogP contribution in [0.1, 0.15) is 0 Å². The van der Waals surface area contributed by atoms with Crippen LogP contribution < -0.4 is 14.8 Å². The van der Waals surface area contributed by atoms with Gasteiger partial charge in [-0.25, -0.2) is 0 Å². The number of likely N-dealkylation sites (N-methyl/N-ethyl adjacent to an activating group) is 1. The second-order valence-electron chi connectivity index (χ2n) is 5.71. The van der Waals surface area contributed by atoms with Crippen LogP contribution in [-0.4, -0.2) is 44.6 Å². The Kier molecular flexibility index (Phi) is 7.85. The molecule has 0 bridgehead atoms. The molecule has 0 saturated carbocycles. The van der Waals surface area contributed by atoms with Crippen molar-refractivity contribution >= 4 is 40.7 Å². The first-order valence-electron chi connectivity index (χ1n) is 7.82. The fraction of sp³-hybridized carbons (Fsp3) is 0.278. The predicted octanol–water partition coefficient (Wildman–Crippen LogP) is 4.50. The number of hydrogen-bond donors (Lipinski definition) is 1. The SMILES string of the molecule is CN(C)CCNC(=O)COc1cc(Cl)ccc1Oc1ccc(Cl)cc1Cl. The molecule has 140 valence electrons. The number of carbonyl (C=O) groups is 1. The highest BCUT2D eigenvalue weighted by Gasteiger charge is 2.12. The van der Waals surface area contributed by atoms with Gasteiger partial charge in [-0.2, -0.15) is 0 Å². The number of benzene rings is 2. The maximum atomic E-state index is 11.9. The summed E-state index contributed by atoms with van der Waals surface area (Å²) in [6.45, 7) is 1.12. The molecule has 0 spiro atoms. The van der Waals surface area contributed by atoms with E-state index in [-0.39, 0.29) is 12.5 Å². The summed E-state index contributed by atoms with van der Waals surface area (Å²) in [6.07, 6.45) is 0. The van der Waals surface area contributed by atoms with Crippen molar-refractivity contribution in [3.63, 3.8) is 0 Å². The Hall–Kier alpha value is -1.66. The van der Waals surface area contributed by atoms with Crippen molar-refractivity contribution in [1.29, 1.82) is 0 Å². The quantitative estimate of drug-likeness (QED) is 0.687. The van der Waals surface area contributed by atoms with E-state index in [1.165, 1.54) is 0 Å². The number of hydrogen-bond acceptors (Lipinski definition) is 4. The average molecular weight is 418 g/mol. The number of amides is 1. The van der Waals surface area contributed by atoms with E-state index >= 15 is 0 Å². The third-order valence-corrected chi connectivity index (χ3v) is 4.03. The van der Waals surface area contributed by atoms with Crippen LogP contribution in [0.5, 0.6) is 17.2 Å². The minimum absolute atomic E-state index is 0.154. The fourth-order valence-electron chi connectivity index (χ4n) is 1.97. The molecule has 0 fully saturated rings. The van der Waals surface area contributed by atoms with E-state index in [1.54, 1.807) is 36.4 Å². The molecule has 0 unspecified atom stereocenters. The Morgan fingerprint density at radius 3 is 2.31 bits per heavy atom. The van der Waals surface area contributed by atoms with Gasteiger partial charge >= 0.3 is 0 Å². The number of nitrogens with one attached hydrogen (secondary N) is 1. The van der Waals surface area contributed by atoms with Crippen LogP contribution in [0.3, 0.4) is 0 Å². The number of nitrogens with zero attached hydrogens (tertiary/aromatic N) is 1. The summed E-state index contributed by atoms with van der Waals surface area (Å²) in [6, 6.07) is 9.77. The number of rotatable bonds is 8. The Labute approximate surface area is 167 Å². The van der Waals surface area contributed by atoms with Gasteiger partial charge in [0, 0.05) is 29.2 Å². The molecule has 1 N–H and O–H groups in total. The number of carbonyl (C=O) groups excluding carboxylic acids is 1. The lowest BCUT2D eigenvalue weighted by molar-refractivity contribution is -0.123. The van der Waals surface area contributed by atoms with Crippen LogP contribution in [-0.2, 0) is 4.79 Å². The zero-order chi connectivity index (χ0) is 19.1. The second-order valence-corrected chi connectivity index (χ2v) is 6.99. The monoisotopic (exact) mass is 416 g/mol. The molecule has 2 rings (SSSR count). The second kappa shape index (κ2) is 9.88. The molecular formula is C18H19Cl3N2O3. The van der Waals surface area contributed by atoms with Crippen molar-refractivity contribution in [3.05, 3.63) is 51.5 Å². The number of ether oxygens (including phenoxy) is 2. The minimum atomic E-state index is -0.234. The van der Waals surface area contributed by atoms with Crippen molar-refractivity contribution in [2.45, 2.75) is 0 Å². The lowest BCUT2D eigenvalue weighted by atomic mass is 10.3. The molecule has 2 aromatic carbocycles. The molecule has 5 nitrogen and oxygen atoms in total. The standard InChI is InChI=1S/C18H19Cl3N2O3/c1-23(2)8-7-22-18(24)11-25-17-10-13(20)4-6-16(17)26-15-5-3-12(19)9-14(15)21/h3-6,9-10H,7-8,11H2,1-2H3,(H,22,24). The molecule has 0 aromatic heterocycles. The highest BCUT2D eigenvalue weighted by atomic mass is 35.5. The smallest absolute Gasteiger partial charge is 0.257 e. The van der Waals surface area contributed by atoms with Gasteiger partial charge in [0.15, 0.2) is 18.1 Å². The molecule has 2 aromatic rings. The first-order valence-corrected chi connectivity index (χ1v) is 8.95. The Morgan fingerprint density at radius 1 is 1.00 bits per heavy atom. The Bertz CT molecular complexity index is 769. The zero-order valence-electron chi connectivity index (χ0n) is 14.4. The Morgan fingerprint density at radius 2 is 1.65 bits per heavy atom. The molecule has 8 heteroatoms. The first-order chi connectivity index (χ1) is 12.3. The highest BCUT2D eigenvalue weighted by Crippen LogP contribution is 2.37. The van der Waals surface area contributed by atoms with Crippen LogP contribution in [0.25, 0.3) is 0 Å². The maximum Gasteiger partial charge on any atom is 0.257 e. The number of halogens is 3. The molecule has 26 heavy (non-hydrogen) atoms. The third-order valence-electron chi connectivity index (χ3n) is 3.26. The van der Waals surface area contributed by atoms with Crippen molar-refractivity contribution in [2.75, 3.05) is 33.8 Å². The van der Waals surface area contributed by atoms with Gasteiger partial charge in [0.05, 0.1) is 5.02 Å². The molecule has 1 amide bonds. The van der Waals surface area contributed by atoms with Crippen LogP contribution in [0.2, 0.25) is 15.1 Å². The van der Waals surface area contributed by atoms with Gasteiger partial charge in [-0.1, -0.05) is 34.8 Å². The summed E-state index contributed by atoms with van der Waals surface area (Å²) in [7, 11) is 3.86. The molecule has 0 atom stereocenters. The summed E-state index contributed by atoms with van der Waals surface area (Å²) in [5.41, 5.74) is 0. The largest absolute Gasteiger partial charge is 0.480 e. The first kappa shape index (κ1) is 20.6. The van der Waals surface area contributed by atoms with E-state index < -0.39 is 0 Å². The topological polar surface area (TPSA) is 50.8 Å². The normalized spacial score (nSPS) is 10.7. The van der Waals surface area contributed by atoms with Gasteiger partial charge in [-0.15, -0.1) is 0 Å². The lowest BCUT2D eigenvalue weighted by Crippen LogP contribution is -2.34. The van der Waals surface area contributed by atoms with Gasteiger partial charge in [0.1, 0.15) is 5.75 Å². The minimum Gasteiger partial charge on any atom is -0.480 e. The van der Waals surface area contributed by atoms with E-state index in [0.29, 0.717) is 38.9 Å². The third kappa shape index (κ3) is 6.57. The van der Waals surface area contributed by atoms with E-state index in [4.69, 9.17) is 44.3 Å². The maximum absolute atomic E-state index is 11.9. The molecule has 0 heterocycles. The van der Waals surface area contributed by atoms with E-state index in [0.717, 1.165) is 6.54 Å². The van der Waals surface area contributed by atoms with Gasteiger partial charge in [0.2, 0.25) is 0 Å². The van der Waals surface area contributed by atoms with Crippen LogP contribution in [0, 0.1) is 0 Å². The molecule has 0 radical (unpaired) electrons. The van der Waals surface area contributed by atoms with Crippen molar-refractivity contribution < 1.29 is 14.3 Å². The van der Waals surface area contributed by atoms with Gasteiger partial charge < -0.3 is 19.7 Å². The summed E-state index contributed by atoms with van der Waals surface area (Å²) < 4.78 is 11.4. The average Bonchev–Trinajstić information content (AvgIpc) is 2.57. The predicted molar refractivity (Wildman–Crippen MR) is 105 cm³/mol. The van der Waals surface area contributed by atoms with E-state index in [9.17, 15) is 4.79 Å². The van der Waals surface area contributed by atoms with Crippen molar-refractivity contribution in [3.8, 4) is 17.2 Å². The summed E-state index contributed by atoms with van der Waals surface area (Å²) in [4.78, 5) is 13.9. The van der Waals surface area contributed by atoms with Gasteiger partial charge in [0.25, 0.3) is 5.91 Å². The molecule has 0 aliphatic carbocycles. The summed E-state index contributed by atoms with van der Waals surface area (Å²) in [5, 5.41) is 4.09. The van der Waals surface area contributed by atoms with Gasteiger partial charge in [-0.05, 0) is 44.4 Å². The molecule has 0 saturated heterocycles. The summed E-state index contributed by atoms with van der Waals surface area (Å²) >= 11 is 18.0. The molecule has 0 aliphatic rings. The Balaban J connectivity index is 2.04.